The molecule has 3 N–H and O–H groups in total. The number of benzene rings is 1. The summed E-state index contributed by atoms with van der Waals surface area (Å²) in [5.41, 5.74) is 7.53. The highest BCUT2D eigenvalue weighted by Crippen LogP contribution is 2.34. The number of nitrogens with one attached hydrogen (secondary N) is 1. The lowest BCUT2D eigenvalue weighted by atomic mass is 10.1. The number of ether oxygens (including phenoxy) is 1. The molecular weight excluding hydrogens is 409 g/mol. The lowest BCUT2D eigenvalue weighted by Gasteiger charge is -2.19. The van der Waals surface area contributed by atoms with Gasteiger partial charge in [0.05, 0.1) is 40.0 Å². The van der Waals surface area contributed by atoms with Gasteiger partial charge in [-0.1, -0.05) is 11.6 Å². The summed E-state index contributed by atoms with van der Waals surface area (Å²) in [4.78, 5) is 23.5. The van der Waals surface area contributed by atoms with Crippen molar-refractivity contribution >= 4 is 23.2 Å². The lowest BCUT2D eigenvalue weighted by molar-refractivity contribution is 0.0789. The minimum absolute atomic E-state index is 0.144. The molecular formula is C21H23ClFN5O2. The molecule has 2 aliphatic rings. The van der Waals surface area contributed by atoms with E-state index in [2.05, 4.69) is 9.97 Å². The Morgan fingerprint density at radius 1 is 1.37 bits per heavy atom. The zero-order chi connectivity index (χ0) is 21.6. The van der Waals surface area contributed by atoms with Crippen LogP contribution in [-0.2, 0) is 0 Å². The maximum Gasteiger partial charge on any atom is 0.257 e. The Bertz CT molecular complexity index is 1020. The van der Waals surface area contributed by atoms with Crippen LogP contribution in [0.15, 0.2) is 18.2 Å². The predicted molar refractivity (Wildman–Crippen MR) is 111 cm³/mol. The van der Waals surface area contributed by atoms with Gasteiger partial charge in [-0.3, -0.25) is 4.79 Å². The van der Waals surface area contributed by atoms with Gasteiger partial charge in [-0.2, -0.15) is 0 Å². The molecule has 158 valence electrons. The van der Waals surface area contributed by atoms with E-state index in [1.54, 1.807) is 13.8 Å². The van der Waals surface area contributed by atoms with Crippen molar-refractivity contribution in [3.8, 4) is 5.75 Å². The molecule has 0 bridgehead atoms. The van der Waals surface area contributed by atoms with Crippen molar-refractivity contribution in [1.82, 2.24) is 14.9 Å². The topological polar surface area (TPSA) is 105 Å². The van der Waals surface area contributed by atoms with Gasteiger partial charge in [-0.15, -0.1) is 0 Å². The van der Waals surface area contributed by atoms with Crippen LogP contribution in [-0.4, -0.2) is 51.7 Å². The number of hydrogen-bond acceptors (Lipinski definition) is 6. The Morgan fingerprint density at radius 2 is 2.03 bits per heavy atom. The van der Waals surface area contributed by atoms with Gasteiger partial charge in [0.15, 0.2) is 0 Å². The molecule has 1 aromatic carbocycles. The molecule has 4 rings (SSSR count). The molecule has 30 heavy (non-hydrogen) atoms. The van der Waals surface area contributed by atoms with Crippen LogP contribution in [0.3, 0.4) is 0 Å². The molecule has 1 aliphatic carbocycles. The smallest absolute Gasteiger partial charge is 0.257 e. The molecule has 1 aliphatic heterocycles. The zero-order valence-corrected chi connectivity index (χ0v) is 17.6. The van der Waals surface area contributed by atoms with E-state index in [9.17, 15) is 9.18 Å². The van der Waals surface area contributed by atoms with Gasteiger partial charge in [0.2, 0.25) is 0 Å². The highest BCUT2D eigenvalue weighted by molar-refractivity contribution is 6.31. The number of likely N-dealkylation sites (tertiary alicyclic amines) is 1. The van der Waals surface area contributed by atoms with Gasteiger partial charge in [-0.25, -0.2) is 14.4 Å². The molecule has 1 unspecified atom stereocenters. The summed E-state index contributed by atoms with van der Waals surface area (Å²) >= 11 is 6.15. The van der Waals surface area contributed by atoms with Crippen molar-refractivity contribution in [2.75, 3.05) is 19.7 Å². The Hall–Kier alpha value is -2.58. The number of halogens is 2. The molecule has 9 heteroatoms. The molecule has 1 saturated heterocycles. The highest BCUT2D eigenvalue weighted by Gasteiger charge is 2.40. The third-order valence-corrected chi connectivity index (χ3v) is 6.11. The van der Waals surface area contributed by atoms with Crippen LogP contribution in [0.4, 0.5) is 4.39 Å². The van der Waals surface area contributed by atoms with Crippen LogP contribution in [0, 0.1) is 25.1 Å². The highest BCUT2D eigenvalue weighted by atomic mass is 35.5. The van der Waals surface area contributed by atoms with E-state index in [1.807, 2.05) is 0 Å². The number of nitrogens with two attached hydrogens (primary N) is 1. The minimum atomic E-state index is -0.490. The molecule has 1 aromatic heterocycles. The van der Waals surface area contributed by atoms with E-state index in [-0.39, 0.29) is 36.9 Å². The molecule has 0 radical (unpaired) electrons. The number of aryl methyl sites for hydroxylation is 2. The first-order valence-corrected chi connectivity index (χ1v) is 10.1. The summed E-state index contributed by atoms with van der Waals surface area (Å²) in [6.07, 6.45) is 1.69. The van der Waals surface area contributed by atoms with Crippen molar-refractivity contribution in [2.45, 2.75) is 38.1 Å². The monoisotopic (exact) mass is 431 g/mol. The van der Waals surface area contributed by atoms with Gasteiger partial charge >= 0.3 is 0 Å². The van der Waals surface area contributed by atoms with Crippen LogP contribution < -0.4 is 10.5 Å². The Kier molecular flexibility index (Phi) is 5.23. The summed E-state index contributed by atoms with van der Waals surface area (Å²) in [6, 6.07) is 3.84. The van der Waals surface area contributed by atoms with Crippen LogP contribution >= 0.6 is 11.6 Å². The van der Waals surface area contributed by atoms with Gasteiger partial charge in [0, 0.05) is 18.3 Å². The second-order valence-electron chi connectivity index (χ2n) is 8.12. The van der Waals surface area contributed by atoms with Gasteiger partial charge in [-0.05, 0) is 38.8 Å². The van der Waals surface area contributed by atoms with E-state index in [0.717, 1.165) is 12.8 Å². The maximum absolute atomic E-state index is 13.8. The molecule has 7 nitrogen and oxygen atoms in total. The summed E-state index contributed by atoms with van der Waals surface area (Å²) < 4.78 is 19.5. The van der Waals surface area contributed by atoms with Crippen molar-refractivity contribution in [2.24, 2.45) is 5.73 Å². The third-order valence-electron chi connectivity index (χ3n) is 5.56. The number of carbonyl (C=O) groups is 1. The Balaban J connectivity index is 1.55. The first kappa shape index (κ1) is 20.7. The first-order valence-electron chi connectivity index (χ1n) is 9.75. The normalized spacial score (nSPS) is 19.8. The molecule has 0 spiro atoms. The predicted octanol–water partition coefficient (Wildman–Crippen LogP) is 3.02. The maximum atomic E-state index is 13.8. The van der Waals surface area contributed by atoms with E-state index in [0.29, 0.717) is 27.9 Å². The van der Waals surface area contributed by atoms with E-state index in [1.165, 1.54) is 23.1 Å². The van der Waals surface area contributed by atoms with Crippen molar-refractivity contribution in [3.63, 3.8) is 0 Å². The van der Waals surface area contributed by atoms with E-state index < -0.39 is 17.3 Å². The average molecular weight is 432 g/mol. The largest absolute Gasteiger partial charge is 0.491 e. The van der Waals surface area contributed by atoms with Crippen LogP contribution in [0.1, 0.15) is 46.3 Å². The summed E-state index contributed by atoms with van der Waals surface area (Å²) in [5, 5.41) is 8.87. The fourth-order valence-corrected chi connectivity index (χ4v) is 3.56. The van der Waals surface area contributed by atoms with Crippen molar-refractivity contribution < 1.29 is 13.9 Å². The van der Waals surface area contributed by atoms with Crippen LogP contribution in [0.2, 0.25) is 5.02 Å². The number of amides is 1. The van der Waals surface area contributed by atoms with Crippen LogP contribution in [0.5, 0.6) is 5.75 Å². The van der Waals surface area contributed by atoms with E-state index in [4.69, 9.17) is 27.5 Å². The molecule has 2 heterocycles. The zero-order valence-electron chi connectivity index (χ0n) is 16.8. The van der Waals surface area contributed by atoms with Crippen molar-refractivity contribution in [3.05, 3.63) is 51.8 Å². The fraction of sp³-hybridized carbons (Fsp3) is 0.429. The summed E-state index contributed by atoms with van der Waals surface area (Å²) in [6.45, 7) is 4.20. The second-order valence-corrected chi connectivity index (χ2v) is 8.50. The Labute approximate surface area is 178 Å². The standard InChI is InChI=1S/C21H23ClFN5O2/c1-11-18(22)12(2)27-19(26-11)15-8-28(9-16(15)24)20(29)14-4-3-13(23)7-17(14)30-10-21(25)5-6-21/h3-4,7,15,24H,5-6,8-10,25H2,1-2H3. The molecule has 1 atom stereocenters. The Morgan fingerprint density at radius 3 is 2.67 bits per heavy atom. The molecule has 1 saturated carbocycles. The quantitative estimate of drug-likeness (QED) is 0.757. The SMILES string of the molecule is Cc1nc(C2CN(C(=O)c3ccc(F)cc3OCC3(N)CC3)CC2=N)nc(C)c1Cl. The summed E-state index contributed by atoms with van der Waals surface area (Å²) in [5.74, 6) is -0.588. The fourth-order valence-electron chi connectivity index (χ4n) is 3.48. The van der Waals surface area contributed by atoms with Crippen molar-refractivity contribution in [1.29, 1.82) is 5.41 Å². The van der Waals surface area contributed by atoms with E-state index >= 15 is 0 Å². The number of nitrogens with zero attached hydrogens (tertiary/aromatic N) is 3. The molecule has 2 fully saturated rings. The average Bonchev–Trinajstić information content (AvgIpc) is 3.31. The van der Waals surface area contributed by atoms with Gasteiger partial charge in [0.25, 0.3) is 5.91 Å². The lowest BCUT2D eigenvalue weighted by Crippen LogP contribution is -2.32. The molecule has 2 aromatic rings. The van der Waals surface area contributed by atoms with Gasteiger partial charge < -0.3 is 20.8 Å². The number of carbonyl (C=O) groups excluding carboxylic acids is 1. The van der Waals surface area contributed by atoms with Gasteiger partial charge in [0.1, 0.15) is 24.0 Å². The van der Waals surface area contributed by atoms with Crippen LogP contribution in [0.25, 0.3) is 0 Å². The molecule has 1 amide bonds. The number of rotatable bonds is 5. The number of hydrogen-bond donors (Lipinski definition) is 2. The number of aromatic nitrogens is 2. The summed E-state index contributed by atoms with van der Waals surface area (Å²) in [7, 11) is 0. The minimum Gasteiger partial charge on any atom is -0.491 e. The third kappa shape index (κ3) is 4.02. The second kappa shape index (κ2) is 7.59. The first-order chi connectivity index (χ1) is 14.2.